The molecule has 0 saturated heterocycles. The number of rotatable bonds is 4. The van der Waals surface area contributed by atoms with E-state index in [1.807, 2.05) is 23.9 Å². The molecule has 2 rings (SSSR count). The van der Waals surface area contributed by atoms with Gasteiger partial charge in [0.2, 0.25) is 0 Å². The van der Waals surface area contributed by atoms with E-state index >= 15 is 0 Å². The van der Waals surface area contributed by atoms with Gasteiger partial charge in [0.05, 0.1) is 12.3 Å². The van der Waals surface area contributed by atoms with Crippen LogP contribution in [0.5, 0.6) is 0 Å². The maximum Gasteiger partial charge on any atom is 0.157 e. The standard InChI is InChI=1S/C14H22N2OS/c1-10(2)13-6-8-18-14(16-13)15-11(3)9-12-5-4-7-17-12/h4-5,7,10-11,13H,6,8-9H2,1-3H3,(H,15,16). The molecule has 1 aliphatic rings. The molecule has 1 aliphatic heterocycles. The van der Waals surface area contributed by atoms with Crippen LogP contribution in [0.4, 0.5) is 0 Å². The van der Waals surface area contributed by atoms with Gasteiger partial charge in [-0.15, -0.1) is 0 Å². The fourth-order valence-electron chi connectivity index (χ4n) is 2.08. The fraction of sp³-hybridized carbons (Fsp3) is 0.643. The lowest BCUT2D eigenvalue weighted by Gasteiger charge is -2.25. The first-order chi connectivity index (χ1) is 8.65. The van der Waals surface area contributed by atoms with E-state index in [0.29, 0.717) is 18.0 Å². The Bertz CT molecular complexity index is 387. The van der Waals surface area contributed by atoms with Crippen molar-refractivity contribution in [1.29, 1.82) is 0 Å². The minimum absolute atomic E-state index is 0.355. The first-order valence-electron chi connectivity index (χ1n) is 6.64. The fourth-order valence-corrected chi connectivity index (χ4v) is 3.13. The zero-order chi connectivity index (χ0) is 13.0. The molecule has 0 bridgehead atoms. The van der Waals surface area contributed by atoms with E-state index in [1.165, 1.54) is 12.2 Å². The summed E-state index contributed by atoms with van der Waals surface area (Å²) in [6.45, 7) is 6.66. The molecule has 0 radical (unpaired) electrons. The molecule has 1 N–H and O–H groups in total. The molecule has 0 saturated carbocycles. The van der Waals surface area contributed by atoms with E-state index in [4.69, 9.17) is 9.41 Å². The minimum atomic E-state index is 0.355. The monoisotopic (exact) mass is 266 g/mol. The molecule has 100 valence electrons. The van der Waals surface area contributed by atoms with Crippen LogP contribution in [0.2, 0.25) is 0 Å². The quantitative estimate of drug-likeness (QED) is 0.908. The Morgan fingerprint density at radius 2 is 2.33 bits per heavy atom. The molecular weight excluding hydrogens is 244 g/mol. The number of nitrogens with one attached hydrogen (secondary N) is 1. The smallest absolute Gasteiger partial charge is 0.157 e. The van der Waals surface area contributed by atoms with Crippen LogP contribution in [0.3, 0.4) is 0 Å². The summed E-state index contributed by atoms with van der Waals surface area (Å²) < 4.78 is 5.37. The molecule has 0 spiro atoms. The van der Waals surface area contributed by atoms with Crippen LogP contribution >= 0.6 is 11.8 Å². The number of nitrogens with zero attached hydrogens (tertiary/aromatic N) is 1. The van der Waals surface area contributed by atoms with Gasteiger partial charge < -0.3 is 9.73 Å². The lowest BCUT2D eigenvalue weighted by molar-refractivity contribution is 0.472. The van der Waals surface area contributed by atoms with E-state index in [2.05, 4.69) is 26.1 Å². The highest BCUT2D eigenvalue weighted by molar-refractivity contribution is 8.13. The highest BCUT2D eigenvalue weighted by atomic mass is 32.2. The predicted octanol–water partition coefficient (Wildman–Crippen LogP) is 3.32. The average molecular weight is 266 g/mol. The van der Waals surface area contributed by atoms with Crippen LogP contribution in [-0.4, -0.2) is 23.0 Å². The van der Waals surface area contributed by atoms with Gasteiger partial charge in [-0.25, -0.2) is 0 Å². The number of aliphatic imine (C=N–C) groups is 1. The van der Waals surface area contributed by atoms with E-state index < -0.39 is 0 Å². The number of hydrogen-bond acceptors (Lipinski definition) is 4. The first-order valence-corrected chi connectivity index (χ1v) is 7.63. The molecular formula is C14H22N2OS. The average Bonchev–Trinajstić information content (AvgIpc) is 2.82. The summed E-state index contributed by atoms with van der Waals surface area (Å²) in [5.41, 5.74) is 0. The van der Waals surface area contributed by atoms with E-state index in [9.17, 15) is 0 Å². The van der Waals surface area contributed by atoms with Gasteiger partial charge in [-0.2, -0.15) is 0 Å². The van der Waals surface area contributed by atoms with Crippen molar-refractivity contribution < 1.29 is 4.42 Å². The Labute approximate surface area is 113 Å². The van der Waals surface area contributed by atoms with E-state index in [0.717, 1.165) is 17.3 Å². The number of hydrogen-bond donors (Lipinski definition) is 1. The van der Waals surface area contributed by atoms with Crippen LogP contribution in [-0.2, 0) is 6.42 Å². The summed E-state index contributed by atoms with van der Waals surface area (Å²) in [5.74, 6) is 2.82. The lowest BCUT2D eigenvalue weighted by Crippen LogP contribution is -2.35. The summed E-state index contributed by atoms with van der Waals surface area (Å²) in [6.07, 6.45) is 3.82. The van der Waals surface area contributed by atoms with Crippen LogP contribution in [0.25, 0.3) is 0 Å². The highest BCUT2D eigenvalue weighted by Gasteiger charge is 2.19. The van der Waals surface area contributed by atoms with Gasteiger partial charge >= 0.3 is 0 Å². The van der Waals surface area contributed by atoms with Gasteiger partial charge in [0.15, 0.2) is 5.17 Å². The van der Waals surface area contributed by atoms with Crippen LogP contribution in [0.1, 0.15) is 33.0 Å². The lowest BCUT2D eigenvalue weighted by atomic mass is 10.0. The second-order valence-electron chi connectivity index (χ2n) is 5.21. The summed E-state index contributed by atoms with van der Waals surface area (Å²) in [7, 11) is 0. The second kappa shape index (κ2) is 6.32. The zero-order valence-electron chi connectivity index (χ0n) is 11.3. The summed E-state index contributed by atoms with van der Waals surface area (Å²) >= 11 is 1.83. The van der Waals surface area contributed by atoms with Crippen LogP contribution in [0.15, 0.2) is 27.8 Å². The molecule has 2 heterocycles. The van der Waals surface area contributed by atoms with Gasteiger partial charge in [0.1, 0.15) is 5.76 Å². The normalized spacial score (nSPS) is 21.8. The Balaban J connectivity index is 1.88. The molecule has 4 heteroatoms. The predicted molar refractivity (Wildman–Crippen MR) is 78.1 cm³/mol. The Morgan fingerprint density at radius 3 is 3.00 bits per heavy atom. The Morgan fingerprint density at radius 1 is 1.50 bits per heavy atom. The highest BCUT2D eigenvalue weighted by Crippen LogP contribution is 2.22. The van der Waals surface area contributed by atoms with Crippen molar-refractivity contribution in [3.8, 4) is 0 Å². The first kappa shape index (κ1) is 13.5. The SMILES string of the molecule is CC(Cc1ccco1)NC1=NC(C(C)C)CCS1. The van der Waals surface area contributed by atoms with Gasteiger partial charge in [-0.3, -0.25) is 4.99 Å². The maximum absolute atomic E-state index is 5.37. The number of thioether (sulfide) groups is 1. The molecule has 2 atom stereocenters. The van der Waals surface area contributed by atoms with Gasteiger partial charge in [-0.05, 0) is 31.4 Å². The molecule has 0 amide bonds. The van der Waals surface area contributed by atoms with Crippen LogP contribution in [0, 0.1) is 5.92 Å². The molecule has 1 aromatic heterocycles. The Kier molecular flexibility index (Phi) is 4.75. The van der Waals surface area contributed by atoms with Gasteiger partial charge in [-0.1, -0.05) is 25.6 Å². The second-order valence-corrected chi connectivity index (χ2v) is 6.30. The van der Waals surface area contributed by atoms with Crippen molar-refractivity contribution >= 4 is 16.9 Å². The molecule has 3 nitrogen and oxygen atoms in total. The maximum atomic E-state index is 5.37. The minimum Gasteiger partial charge on any atom is -0.469 e. The van der Waals surface area contributed by atoms with Gasteiger partial charge in [0.25, 0.3) is 0 Å². The van der Waals surface area contributed by atoms with Crippen molar-refractivity contribution in [3.63, 3.8) is 0 Å². The zero-order valence-corrected chi connectivity index (χ0v) is 12.2. The van der Waals surface area contributed by atoms with Crippen molar-refractivity contribution in [2.24, 2.45) is 10.9 Å². The summed E-state index contributed by atoms with van der Waals surface area (Å²) in [6, 6.07) is 4.78. The Hall–Kier alpha value is -0.900. The molecule has 18 heavy (non-hydrogen) atoms. The molecule has 0 aliphatic carbocycles. The topological polar surface area (TPSA) is 37.5 Å². The van der Waals surface area contributed by atoms with Crippen molar-refractivity contribution in [2.45, 2.75) is 45.7 Å². The third kappa shape index (κ3) is 3.80. The third-order valence-corrected chi connectivity index (χ3v) is 4.10. The number of amidine groups is 1. The van der Waals surface area contributed by atoms with E-state index in [-0.39, 0.29) is 0 Å². The van der Waals surface area contributed by atoms with Crippen molar-refractivity contribution in [3.05, 3.63) is 24.2 Å². The van der Waals surface area contributed by atoms with Crippen molar-refractivity contribution in [1.82, 2.24) is 5.32 Å². The van der Waals surface area contributed by atoms with Crippen LogP contribution < -0.4 is 5.32 Å². The molecule has 0 fully saturated rings. The molecule has 1 aromatic rings. The summed E-state index contributed by atoms with van der Waals surface area (Å²) in [5, 5.41) is 4.59. The number of furan rings is 1. The van der Waals surface area contributed by atoms with Gasteiger partial charge in [0, 0.05) is 18.2 Å². The molecule has 0 aromatic carbocycles. The van der Waals surface area contributed by atoms with Crippen molar-refractivity contribution in [2.75, 3.05) is 5.75 Å². The van der Waals surface area contributed by atoms with E-state index in [1.54, 1.807) is 6.26 Å². The largest absolute Gasteiger partial charge is 0.469 e. The third-order valence-electron chi connectivity index (χ3n) is 3.16. The molecule has 2 unspecified atom stereocenters. The summed E-state index contributed by atoms with van der Waals surface area (Å²) in [4.78, 5) is 4.79.